The topological polar surface area (TPSA) is 65.9 Å². The maximum Gasteiger partial charge on any atom is 0.225 e. The number of carbonyl (C=O) groups is 1. The van der Waals surface area contributed by atoms with Crippen LogP contribution in [0.2, 0.25) is 0 Å². The molecular formula is C22H32N6O2. The van der Waals surface area contributed by atoms with Gasteiger partial charge >= 0.3 is 0 Å². The molecule has 30 heavy (non-hydrogen) atoms. The van der Waals surface area contributed by atoms with E-state index in [9.17, 15) is 4.79 Å². The highest BCUT2D eigenvalue weighted by Crippen LogP contribution is 2.27. The molecule has 3 aliphatic heterocycles. The van der Waals surface area contributed by atoms with E-state index in [2.05, 4.69) is 38.9 Å². The number of hydrogen-bond donors (Lipinski definition) is 1. The summed E-state index contributed by atoms with van der Waals surface area (Å²) >= 11 is 0. The van der Waals surface area contributed by atoms with Crippen LogP contribution >= 0.6 is 0 Å². The summed E-state index contributed by atoms with van der Waals surface area (Å²) in [7, 11) is 2.17. The Morgan fingerprint density at radius 1 is 1.20 bits per heavy atom. The van der Waals surface area contributed by atoms with Crippen molar-refractivity contribution >= 4 is 22.6 Å². The molecule has 162 valence electrons. The van der Waals surface area contributed by atoms with Gasteiger partial charge in [-0.2, -0.15) is 0 Å². The van der Waals surface area contributed by atoms with Crippen molar-refractivity contribution in [1.29, 1.82) is 0 Å². The molecule has 2 fully saturated rings. The van der Waals surface area contributed by atoms with Crippen LogP contribution in [0, 0.1) is 0 Å². The minimum atomic E-state index is 0.180. The van der Waals surface area contributed by atoms with Gasteiger partial charge in [-0.25, -0.2) is 4.98 Å². The molecule has 0 radical (unpaired) electrons. The van der Waals surface area contributed by atoms with Crippen molar-refractivity contribution in [3.63, 3.8) is 0 Å². The van der Waals surface area contributed by atoms with Crippen LogP contribution in [0.3, 0.4) is 0 Å². The summed E-state index contributed by atoms with van der Waals surface area (Å²) in [6.07, 6.45) is 3.64. The molecule has 2 aromatic rings. The molecule has 1 atom stereocenters. The second kappa shape index (κ2) is 8.53. The lowest BCUT2D eigenvalue weighted by Crippen LogP contribution is -2.46. The number of anilines is 1. The highest BCUT2D eigenvalue weighted by Gasteiger charge is 2.24. The predicted molar refractivity (Wildman–Crippen MR) is 117 cm³/mol. The lowest BCUT2D eigenvalue weighted by molar-refractivity contribution is -0.133. The van der Waals surface area contributed by atoms with E-state index in [0.717, 1.165) is 51.5 Å². The summed E-state index contributed by atoms with van der Waals surface area (Å²) in [5.74, 6) is 0.180. The van der Waals surface area contributed by atoms with E-state index in [1.165, 1.54) is 23.2 Å². The summed E-state index contributed by atoms with van der Waals surface area (Å²) in [5.41, 5.74) is 3.41. The van der Waals surface area contributed by atoms with Crippen molar-refractivity contribution in [2.75, 3.05) is 64.4 Å². The number of carbonyl (C=O) groups excluding carboxylic acids is 1. The van der Waals surface area contributed by atoms with Gasteiger partial charge in [-0.3, -0.25) is 4.79 Å². The highest BCUT2D eigenvalue weighted by atomic mass is 16.5. The van der Waals surface area contributed by atoms with Crippen molar-refractivity contribution in [3.05, 3.63) is 24.0 Å². The maximum atomic E-state index is 12.6. The third-order valence-electron chi connectivity index (χ3n) is 6.68. The first-order valence-electron chi connectivity index (χ1n) is 11.2. The molecule has 1 amide bonds. The van der Waals surface area contributed by atoms with Gasteiger partial charge in [0.15, 0.2) is 0 Å². The molecule has 0 bridgehead atoms. The third-order valence-corrected chi connectivity index (χ3v) is 6.68. The van der Waals surface area contributed by atoms with E-state index in [1.807, 2.05) is 11.1 Å². The molecule has 1 N–H and O–H groups in total. The van der Waals surface area contributed by atoms with Gasteiger partial charge in [0.2, 0.25) is 5.91 Å². The Hall–Kier alpha value is -2.16. The zero-order valence-electron chi connectivity index (χ0n) is 17.8. The van der Waals surface area contributed by atoms with Crippen LogP contribution in [0.5, 0.6) is 0 Å². The van der Waals surface area contributed by atoms with Crippen LogP contribution < -0.4 is 10.2 Å². The second-order valence-corrected chi connectivity index (χ2v) is 8.76. The fourth-order valence-electron chi connectivity index (χ4n) is 4.55. The molecule has 8 heteroatoms. The molecule has 1 unspecified atom stereocenters. The highest BCUT2D eigenvalue weighted by molar-refractivity contribution is 5.82. The number of ether oxygens (including phenoxy) is 1. The van der Waals surface area contributed by atoms with Crippen LogP contribution in [0.1, 0.15) is 18.5 Å². The van der Waals surface area contributed by atoms with Crippen LogP contribution in [-0.2, 0) is 22.6 Å². The normalized spacial score (nSPS) is 22.2. The van der Waals surface area contributed by atoms with E-state index in [-0.39, 0.29) is 5.91 Å². The summed E-state index contributed by atoms with van der Waals surface area (Å²) in [6, 6.07) is 4.95. The molecule has 0 spiro atoms. The van der Waals surface area contributed by atoms with Crippen molar-refractivity contribution in [2.45, 2.75) is 32.0 Å². The van der Waals surface area contributed by atoms with Gasteiger partial charge in [-0.1, -0.05) is 0 Å². The smallest absolute Gasteiger partial charge is 0.225 e. The van der Waals surface area contributed by atoms with Crippen LogP contribution in [0.4, 0.5) is 5.69 Å². The van der Waals surface area contributed by atoms with Gasteiger partial charge in [0.1, 0.15) is 5.65 Å². The molecule has 5 heterocycles. The average molecular weight is 413 g/mol. The number of likely N-dealkylation sites (N-methyl/N-ethyl adjacent to an activating group) is 1. The standard InChI is InChI=1S/C22H32N6O2/c1-25-5-7-26(8-6-25)19-12-17-13-20-15-27(9-10-28(20)22(17)24-14-19)21(29)3-11-30-16-18-2-4-23-18/h12-14,18,23H,2-11,15-16H2,1H3. The van der Waals surface area contributed by atoms with Crippen molar-refractivity contribution in [2.24, 2.45) is 0 Å². The monoisotopic (exact) mass is 412 g/mol. The number of nitrogens with one attached hydrogen (secondary N) is 1. The molecule has 5 rings (SSSR count). The van der Waals surface area contributed by atoms with Crippen molar-refractivity contribution in [3.8, 4) is 0 Å². The summed E-state index contributed by atoms with van der Waals surface area (Å²) in [6.45, 7) is 8.75. The van der Waals surface area contributed by atoms with E-state index in [0.29, 0.717) is 32.2 Å². The Bertz CT molecular complexity index is 900. The van der Waals surface area contributed by atoms with Crippen LogP contribution in [0.15, 0.2) is 18.3 Å². The van der Waals surface area contributed by atoms with E-state index < -0.39 is 0 Å². The Labute approximate surface area is 177 Å². The zero-order chi connectivity index (χ0) is 20.5. The Morgan fingerprint density at radius 3 is 2.80 bits per heavy atom. The number of nitrogens with zero attached hydrogens (tertiary/aromatic N) is 5. The molecule has 2 aromatic heterocycles. The van der Waals surface area contributed by atoms with Crippen molar-refractivity contribution < 1.29 is 9.53 Å². The number of aromatic nitrogens is 2. The third kappa shape index (κ3) is 4.04. The van der Waals surface area contributed by atoms with Gasteiger partial charge < -0.3 is 29.3 Å². The van der Waals surface area contributed by atoms with Crippen molar-refractivity contribution in [1.82, 2.24) is 24.7 Å². The quantitative estimate of drug-likeness (QED) is 0.712. The van der Waals surface area contributed by atoms with Crippen LogP contribution in [0.25, 0.3) is 11.0 Å². The molecule has 0 saturated carbocycles. The van der Waals surface area contributed by atoms with E-state index in [1.54, 1.807) is 0 Å². The molecule has 3 aliphatic rings. The number of fused-ring (bicyclic) bond motifs is 3. The fourth-order valence-corrected chi connectivity index (χ4v) is 4.55. The Balaban J connectivity index is 1.21. The van der Waals surface area contributed by atoms with E-state index >= 15 is 0 Å². The molecule has 0 aliphatic carbocycles. The number of amides is 1. The minimum absolute atomic E-state index is 0.180. The van der Waals surface area contributed by atoms with E-state index in [4.69, 9.17) is 9.72 Å². The van der Waals surface area contributed by atoms with Crippen LogP contribution in [-0.4, -0.2) is 90.8 Å². The second-order valence-electron chi connectivity index (χ2n) is 8.76. The number of hydrogen-bond acceptors (Lipinski definition) is 6. The SMILES string of the molecule is CN1CCN(c2cnc3c(c2)cc2n3CCN(C(=O)CCOCC3CCN3)C2)CC1. The number of rotatable bonds is 6. The maximum absolute atomic E-state index is 12.6. The first-order chi connectivity index (χ1) is 14.7. The fraction of sp³-hybridized carbons (Fsp3) is 0.636. The summed E-state index contributed by atoms with van der Waals surface area (Å²) in [5, 5.41) is 4.49. The first-order valence-corrected chi connectivity index (χ1v) is 11.2. The zero-order valence-corrected chi connectivity index (χ0v) is 17.8. The van der Waals surface area contributed by atoms with Gasteiger partial charge in [-0.15, -0.1) is 0 Å². The lowest BCUT2D eigenvalue weighted by Gasteiger charge is -2.33. The Morgan fingerprint density at radius 2 is 2.03 bits per heavy atom. The van der Waals surface area contributed by atoms with Gasteiger partial charge in [-0.05, 0) is 32.1 Å². The first kappa shape index (κ1) is 19.8. The average Bonchev–Trinajstić information content (AvgIpc) is 3.09. The van der Waals surface area contributed by atoms with Gasteiger partial charge in [0, 0.05) is 56.4 Å². The van der Waals surface area contributed by atoms with Gasteiger partial charge in [0.05, 0.1) is 38.1 Å². The number of pyridine rings is 1. The predicted octanol–water partition coefficient (Wildman–Crippen LogP) is 0.899. The molecular weight excluding hydrogens is 380 g/mol. The summed E-state index contributed by atoms with van der Waals surface area (Å²) in [4.78, 5) is 24.2. The molecule has 0 aromatic carbocycles. The number of piperazine rings is 1. The lowest BCUT2D eigenvalue weighted by atomic mass is 10.1. The van der Waals surface area contributed by atoms with Gasteiger partial charge in [0.25, 0.3) is 0 Å². The largest absolute Gasteiger partial charge is 0.379 e. The Kier molecular flexibility index (Phi) is 5.62. The summed E-state index contributed by atoms with van der Waals surface area (Å²) < 4.78 is 7.93. The molecule has 2 saturated heterocycles. The molecule has 8 nitrogen and oxygen atoms in total. The minimum Gasteiger partial charge on any atom is -0.379 e.